The number of aryl methyl sites for hydroxylation is 1. The third-order valence-corrected chi connectivity index (χ3v) is 7.04. The Hall–Kier alpha value is -2.77. The van der Waals surface area contributed by atoms with Crippen LogP contribution in [0.4, 0.5) is 9.80 Å². The van der Waals surface area contributed by atoms with Gasteiger partial charge in [0.1, 0.15) is 5.00 Å². The lowest BCUT2D eigenvalue weighted by molar-refractivity contribution is 0.104. The second kappa shape index (κ2) is 9.58. The molecule has 0 bridgehead atoms. The summed E-state index contributed by atoms with van der Waals surface area (Å²) in [5.74, 6) is 0.244. The first kappa shape index (κ1) is 22.9. The highest BCUT2D eigenvalue weighted by Crippen LogP contribution is 2.45. The number of fused-ring (bicyclic) bond motifs is 1. The number of carbonyl (C=O) groups excluding carboxylic acids is 2. The van der Waals surface area contributed by atoms with Gasteiger partial charge in [-0.2, -0.15) is 0 Å². The molecule has 5 nitrogen and oxygen atoms in total. The van der Waals surface area contributed by atoms with E-state index in [4.69, 9.17) is 0 Å². The van der Waals surface area contributed by atoms with E-state index < -0.39 is 0 Å². The molecule has 0 spiro atoms. The first-order chi connectivity index (χ1) is 14.7. The lowest BCUT2D eigenvalue weighted by Gasteiger charge is -2.35. The molecule has 4 rings (SSSR count). The van der Waals surface area contributed by atoms with Gasteiger partial charge in [0.2, 0.25) is 5.78 Å². The highest BCUT2D eigenvalue weighted by atomic mass is 32.1. The van der Waals surface area contributed by atoms with Gasteiger partial charge in [-0.15, -0.1) is 22.7 Å². The minimum Gasteiger partial charge on any atom is -0.297 e. The summed E-state index contributed by atoms with van der Waals surface area (Å²) in [7, 11) is 1.72. The molecule has 3 aromatic rings. The molecule has 0 saturated heterocycles. The van der Waals surface area contributed by atoms with Crippen molar-refractivity contribution in [1.82, 2.24) is 9.88 Å². The van der Waals surface area contributed by atoms with Crippen molar-refractivity contribution in [3.8, 4) is 0 Å². The van der Waals surface area contributed by atoms with E-state index in [1.807, 2.05) is 6.92 Å². The molecule has 0 saturated carbocycles. The van der Waals surface area contributed by atoms with Crippen LogP contribution in [0.25, 0.3) is 5.70 Å². The van der Waals surface area contributed by atoms with Crippen LogP contribution in [0.2, 0.25) is 0 Å². The number of anilines is 1. The number of thiophene rings is 2. The molecule has 0 radical (unpaired) electrons. The predicted molar refractivity (Wildman–Crippen MR) is 130 cm³/mol. The van der Waals surface area contributed by atoms with Crippen LogP contribution < -0.4 is 4.90 Å². The molecule has 0 N–H and O–H groups in total. The zero-order valence-corrected chi connectivity index (χ0v) is 20.1. The fourth-order valence-corrected chi connectivity index (χ4v) is 5.13. The summed E-state index contributed by atoms with van der Waals surface area (Å²) in [5, 5.41) is 2.89. The summed E-state index contributed by atoms with van der Waals surface area (Å²) in [6, 6.07) is 7.56. The Kier molecular flexibility index (Phi) is 7.08. The predicted octanol–water partition coefficient (Wildman–Crippen LogP) is 6.24. The lowest BCUT2D eigenvalue weighted by Crippen LogP contribution is -2.45. The minimum atomic E-state index is -0.104. The SMILES string of the molecule is C=C1c2c(sc(C(=O)c3cccnc3)c2C)N(CC(C)C)C(=O)N1C.Cc1cccs1. The highest BCUT2D eigenvalue weighted by molar-refractivity contribution is 7.19. The van der Waals surface area contributed by atoms with E-state index in [1.165, 1.54) is 16.2 Å². The Bertz CT molecular complexity index is 1090. The Labute approximate surface area is 191 Å². The lowest BCUT2D eigenvalue weighted by atomic mass is 10.0. The van der Waals surface area contributed by atoms with E-state index in [0.717, 1.165) is 16.1 Å². The van der Waals surface area contributed by atoms with E-state index in [9.17, 15) is 9.59 Å². The fraction of sp³-hybridized carbons (Fsp3) is 0.292. The maximum Gasteiger partial charge on any atom is 0.329 e. The third kappa shape index (κ3) is 4.78. The van der Waals surface area contributed by atoms with E-state index >= 15 is 0 Å². The van der Waals surface area contributed by atoms with E-state index in [-0.39, 0.29) is 11.8 Å². The largest absolute Gasteiger partial charge is 0.329 e. The molecule has 1 aliphatic rings. The van der Waals surface area contributed by atoms with Gasteiger partial charge in [0.25, 0.3) is 0 Å². The van der Waals surface area contributed by atoms with E-state index in [1.54, 1.807) is 52.7 Å². The van der Waals surface area contributed by atoms with Gasteiger partial charge in [0.05, 0.1) is 4.88 Å². The van der Waals surface area contributed by atoms with Gasteiger partial charge in [0, 0.05) is 47.7 Å². The number of hydrogen-bond acceptors (Lipinski definition) is 5. The molecule has 1 aliphatic heterocycles. The maximum absolute atomic E-state index is 12.9. The number of pyridine rings is 1. The summed E-state index contributed by atoms with van der Waals surface area (Å²) < 4.78 is 0. The van der Waals surface area contributed by atoms with Gasteiger partial charge >= 0.3 is 6.03 Å². The second-order valence-electron chi connectivity index (χ2n) is 7.82. The number of aromatic nitrogens is 1. The number of carbonyl (C=O) groups is 2. The fourth-order valence-electron chi connectivity index (χ4n) is 3.31. The minimum absolute atomic E-state index is 0.0719. The van der Waals surface area contributed by atoms with Gasteiger partial charge in [-0.05, 0) is 48.9 Å². The number of ketones is 1. The smallest absolute Gasteiger partial charge is 0.297 e. The van der Waals surface area contributed by atoms with Crippen molar-refractivity contribution in [1.29, 1.82) is 0 Å². The number of nitrogens with zero attached hydrogens (tertiary/aromatic N) is 3. The summed E-state index contributed by atoms with van der Waals surface area (Å²) in [5.41, 5.74) is 2.94. The average Bonchev–Trinajstić information content (AvgIpc) is 3.36. The van der Waals surface area contributed by atoms with Crippen LogP contribution in [0.15, 0.2) is 48.6 Å². The molecular weight excluding hydrogens is 426 g/mol. The molecule has 7 heteroatoms. The van der Waals surface area contributed by atoms with Crippen LogP contribution >= 0.6 is 22.7 Å². The molecular formula is C24H27N3O2S2. The normalized spacial score (nSPS) is 13.2. The van der Waals surface area contributed by atoms with Crippen LogP contribution in [0.5, 0.6) is 0 Å². The Balaban J connectivity index is 0.000000391. The molecule has 0 unspecified atom stereocenters. The first-order valence-electron chi connectivity index (χ1n) is 10.0. The van der Waals surface area contributed by atoms with Crippen LogP contribution in [0.1, 0.15) is 45.1 Å². The molecule has 0 aromatic carbocycles. The summed E-state index contributed by atoms with van der Waals surface area (Å²) in [4.78, 5) is 35.0. The summed E-state index contributed by atoms with van der Waals surface area (Å²) >= 11 is 3.14. The highest BCUT2D eigenvalue weighted by Gasteiger charge is 2.36. The summed E-state index contributed by atoms with van der Waals surface area (Å²) in [6.45, 7) is 12.8. The molecule has 31 heavy (non-hydrogen) atoms. The van der Waals surface area contributed by atoms with Crippen molar-refractivity contribution >= 4 is 45.2 Å². The zero-order chi connectivity index (χ0) is 22.7. The van der Waals surface area contributed by atoms with Gasteiger partial charge in [-0.3, -0.25) is 19.6 Å². The molecule has 162 valence electrons. The van der Waals surface area contributed by atoms with E-state index in [0.29, 0.717) is 28.6 Å². The molecule has 4 heterocycles. The number of rotatable bonds is 4. The molecule has 3 aromatic heterocycles. The Morgan fingerprint density at radius 1 is 1.23 bits per heavy atom. The zero-order valence-electron chi connectivity index (χ0n) is 18.5. The Morgan fingerprint density at radius 3 is 2.48 bits per heavy atom. The third-order valence-electron chi connectivity index (χ3n) is 4.93. The second-order valence-corrected chi connectivity index (χ2v) is 9.97. The van der Waals surface area contributed by atoms with Crippen LogP contribution in [0, 0.1) is 19.8 Å². The van der Waals surface area contributed by atoms with Gasteiger partial charge in [-0.1, -0.05) is 26.5 Å². The van der Waals surface area contributed by atoms with Crippen molar-refractivity contribution in [2.24, 2.45) is 5.92 Å². The molecule has 0 fully saturated rings. The monoisotopic (exact) mass is 453 g/mol. The van der Waals surface area contributed by atoms with Crippen LogP contribution in [-0.2, 0) is 0 Å². The first-order valence-corrected chi connectivity index (χ1v) is 11.7. The van der Waals surface area contributed by atoms with Gasteiger partial charge < -0.3 is 0 Å². The molecule has 0 atom stereocenters. The quantitative estimate of drug-likeness (QED) is 0.440. The Morgan fingerprint density at radius 2 is 1.97 bits per heavy atom. The number of urea groups is 1. The van der Waals surface area contributed by atoms with Crippen LogP contribution in [0.3, 0.4) is 0 Å². The van der Waals surface area contributed by atoms with Crippen molar-refractivity contribution in [3.63, 3.8) is 0 Å². The molecule has 0 aliphatic carbocycles. The van der Waals surface area contributed by atoms with Crippen molar-refractivity contribution < 1.29 is 9.59 Å². The standard InChI is InChI=1S/C19H21N3O2S.C5H6S/c1-11(2)10-22-18-15(13(4)21(5)19(22)24)12(3)17(25-18)16(23)14-7-6-8-20-9-14;1-5-3-2-4-6-5/h6-9,11H,4,10H2,1-3,5H3;2-4H,1H3. The number of amides is 2. The van der Waals surface area contributed by atoms with Crippen LogP contribution in [-0.4, -0.2) is 35.3 Å². The topological polar surface area (TPSA) is 53.5 Å². The number of hydrogen-bond donors (Lipinski definition) is 0. The van der Waals surface area contributed by atoms with Crippen molar-refractivity contribution in [3.05, 3.63) is 75.1 Å². The maximum atomic E-state index is 12.9. The summed E-state index contributed by atoms with van der Waals surface area (Å²) in [6.07, 6.45) is 3.21. The van der Waals surface area contributed by atoms with Gasteiger partial charge in [-0.25, -0.2) is 4.79 Å². The van der Waals surface area contributed by atoms with Crippen molar-refractivity contribution in [2.75, 3.05) is 18.5 Å². The molecule has 2 amide bonds. The average molecular weight is 454 g/mol. The van der Waals surface area contributed by atoms with E-state index in [2.05, 4.69) is 49.8 Å². The van der Waals surface area contributed by atoms with Crippen molar-refractivity contribution in [2.45, 2.75) is 27.7 Å². The van der Waals surface area contributed by atoms with Gasteiger partial charge in [0.15, 0.2) is 0 Å².